The van der Waals surface area contributed by atoms with Crippen LogP contribution in [0.3, 0.4) is 0 Å². The predicted octanol–water partition coefficient (Wildman–Crippen LogP) is 1.29. The Kier molecular flexibility index (Phi) is 8.39. The maximum Gasteiger partial charge on any atom is 0.335 e. The van der Waals surface area contributed by atoms with E-state index in [1.165, 1.54) is 12.8 Å². The molecule has 24 heavy (non-hydrogen) atoms. The maximum absolute atomic E-state index is 11.0. The highest BCUT2D eigenvalue weighted by molar-refractivity contribution is 7.83. The number of hydrogen-bond donors (Lipinski definition) is 2. The Balaban J connectivity index is 1.42. The van der Waals surface area contributed by atoms with E-state index in [0.29, 0.717) is 25.9 Å². The van der Waals surface area contributed by atoms with Crippen molar-refractivity contribution in [2.45, 2.75) is 63.6 Å². The van der Waals surface area contributed by atoms with Gasteiger partial charge in [-0.05, 0) is 45.1 Å². The lowest BCUT2D eigenvalue weighted by Crippen LogP contribution is -2.40. The molecule has 7 nitrogen and oxygen atoms in total. The molecule has 142 valence electrons. The number of aliphatic hydroxyl groups is 1. The number of aliphatic hydroxyl groups excluding tert-OH is 1. The summed E-state index contributed by atoms with van der Waals surface area (Å²) in [6.45, 7) is 4.58. The molecule has 0 aromatic carbocycles. The number of hydrogen-bond acceptors (Lipinski definition) is 5. The van der Waals surface area contributed by atoms with Crippen molar-refractivity contribution in [3.8, 4) is 0 Å². The van der Waals surface area contributed by atoms with Gasteiger partial charge in [0.05, 0.1) is 12.2 Å². The molecule has 0 atom stereocenters. The monoisotopic (exact) mass is 364 g/mol. The summed E-state index contributed by atoms with van der Waals surface area (Å²) < 4.78 is 37.9. The van der Waals surface area contributed by atoms with Crippen molar-refractivity contribution in [2.24, 2.45) is 0 Å². The minimum Gasteiger partial charge on any atom is -0.393 e. The van der Waals surface area contributed by atoms with Gasteiger partial charge in [-0.3, -0.25) is 4.55 Å². The molecule has 8 heteroatoms. The van der Waals surface area contributed by atoms with Crippen molar-refractivity contribution in [3.63, 3.8) is 0 Å². The van der Waals surface area contributed by atoms with E-state index >= 15 is 0 Å². The van der Waals surface area contributed by atoms with Gasteiger partial charge in [0.2, 0.25) is 0 Å². The van der Waals surface area contributed by atoms with Crippen LogP contribution in [-0.2, 0) is 15.0 Å². The van der Waals surface area contributed by atoms with Gasteiger partial charge in [0, 0.05) is 32.8 Å². The highest BCUT2D eigenvalue weighted by atomic mass is 32.2. The molecule has 0 radical (unpaired) electrons. The normalized spacial score (nSPS) is 22.9. The zero-order valence-corrected chi connectivity index (χ0v) is 15.3. The zero-order valence-electron chi connectivity index (χ0n) is 14.5. The van der Waals surface area contributed by atoms with Gasteiger partial charge < -0.3 is 14.7 Å². The molecule has 0 aromatic rings. The molecule has 0 aliphatic carbocycles. The Bertz CT molecular complexity index is 443. The van der Waals surface area contributed by atoms with Crippen LogP contribution in [-0.4, -0.2) is 78.8 Å². The van der Waals surface area contributed by atoms with E-state index in [1.807, 2.05) is 0 Å². The fourth-order valence-corrected chi connectivity index (χ4v) is 4.09. The third-order valence-corrected chi connectivity index (χ3v) is 6.02. The molecule has 0 spiro atoms. The van der Waals surface area contributed by atoms with E-state index in [4.69, 9.17) is 9.29 Å². The fraction of sp³-hybridized carbons (Fsp3) is 1.00. The number of unbranched alkanes of at least 4 members (excludes halogenated alkanes) is 3. The third-order valence-electron chi connectivity index (χ3n) is 5.01. The van der Waals surface area contributed by atoms with Gasteiger partial charge in [-0.2, -0.15) is 12.7 Å². The minimum absolute atomic E-state index is 0.0947. The third kappa shape index (κ3) is 7.33. The van der Waals surface area contributed by atoms with Crippen molar-refractivity contribution in [1.29, 1.82) is 0 Å². The van der Waals surface area contributed by atoms with Crippen LogP contribution >= 0.6 is 0 Å². The first-order valence-electron chi connectivity index (χ1n) is 9.20. The van der Waals surface area contributed by atoms with Crippen molar-refractivity contribution in [3.05, 3.63) is 0 Å². The summed E-state index contributed by atoms with van der Waals surface area (Å²) in [7, 11) is -4.04. The van der Waals surface area contributed by atoms with Crippen LogP contribution < -0.4 is 0 Å². The second-order valence-corrected chi connectivity index (χ2v) is 8.35. The highest BCUT2D eigenvalue weighted by Crippen LogP contribution is 2.16. The van der Waals surface area contributed by atoms with Crippen molar-refractivity contribution >= 4 is 10.3 Å². The van der Waals surface area contributed by atoms with E-state index in [0.717, 1.165) is 56.2 Å². The largest absolute Gasteiger partial charge is 0.393 e. The average molecular weight is 365 g/mol. The molecule has 2 aliphatic heterocycles. The molecular formula is C16H32N2O5S. The Labute approximate surface area is 145 Å². The Morgan fingerprint density at radius 3 is 2.17 bits per heavy atom. The van der Waals surface area contributed by atoms with Crippen LogP contribution in [0.2, 0.25) is 0 Å². The maximum atomic E-state index is 11.0. The summed E-state index contributed by atoms with van der Waals surface area (Å²) in [6.07, 6.45) is 7.73. The Morgan fingerprint density at radius 2 is 1.54 bits per heavy atom. The quantitative estimate of drug-likeness (QED) is 0.473. The van der Waals surface area contributed by atoms with Gasteiger partial charge in [0.15, 0.2) is 0 Å². The van der Waals surface area contributed by atoms with Crippen LogP contribution in [0, 0.1) is 0 Å². The van der Waals surface area contributed by atoms with Crippen molar-refractivity contribution < 1.29 is 22.8 Å². The lowest BCUT2D eigenvalue weighted by Gasteiger charge is -2.29. The molecule has 2 N–H and O–H groups in total. The summed E-state index contributed by atoms with van der Waals surface area (Å²) in [4.78, 5) is 2.44. The minimum atomic E-state index is -4.04. The number of piperidine rings is 2. The van der Waals surface area contributed by atoms with Gasteiger partial charge in [0.1, 0.15) is 0 Å². The number of nitrogens with zero attached hydrogens (tertiary/aromatic N) is 2. The fourth-order valence-electron chi connectivity index (χ4n) is 3.41. The lowest BCUT2D eigenvalue weighted by atomic mass is 10.1. The summed E-state index contributed by atoms with van der Waals surface area (Å²) in [5.74, 6) is 0. The molecule has 2 saturated heterocycles. The molecule has 0 unspecified atom stereocenters. The molecule has 2 fully saturated rings. The molecule has 0 saturated carbocycles. The molecule has 0 amide bonds. The zero-order chi connectivity index (χ0) is 17.4. The molecule has 2 aliphatic rings. The van der Waals surface area contributed by atoms with E-state index in [-0.39, 0.29) is 12.2 Å². The second kappa shape index (κ2) is 10.0. The number of ether oxygens (including phenoxy) is 1. The summed E-state index contributed by atoms with van der Waals surface area (Å²) in [5, 5.41) is 9.47. The standard InChI is InChI=1S/C16H32N2O5S/c19-15-5-10-17(11-6-15)9-3-1-2-4-14-23-16-7-12-18(13-8-16)24(20,21)22/h15-16,19H,1-14H2,(H,20,21,22). The predicted molar refractivity (Wildman–Crippen MR) is 92.2 cm³/mol. The van der Waals surface area contributed by atoms with Crippen LogP contribution in [0.4, 0.5) is 0 Å². The van der Waals surface area contributed by atoms with E-state index < -0.39 is 10.3 Å². The van der Waals surface area contributed by atoms with Gasteiger partial charge in [-0.1, -0.05) is 12.8 Å². The smallest absolute Gasteiger partial charge is 0.335 e. The van der Waals surface area contributed by atoms with Gasteiger partial charge in [-0.15, -0.1) is 0 Å². The summed E-state index contributed by atoms with van der Waals surface area (Å²) in [5.41, 5.74) is 0. The summed E-state index contributed by atoms with van der Waals surface area (Å²) in [6, 6.07) is 0. The van der Waals surface area contributed by atoms with E-state index in [1.54, 1.807) is 0 Å². The number of rotatable bonds is 9. The first kappa shape index (κ1) is 20.1. The molecule has 0 aromatic heterocycles. The van der Waals surface area contributed by atoms with Crippen LogP contribution in [0.1, 0.15) is 51.4 Å². The van der Waals surface area contributed by atoms with Crippen LogP contribution in [0.25, 0.3) is 0 Å². The van der Waals surface area contributed by atoms with Crippen molar-refractivity contribution in [2.75, 3.05) is 39.3 Å². The lowest BCUT2D eigenvalue weighted by molar-refractivity contribution is 0.0180. The molecule has 0 bridgehead atoms. The Morgan fingerprint density at radius 1 is 0.917 bits per heavy atom. The SMILES string of the molecule is O=S(=O)(O)N1CCC(OCCCCCCN2CCC(O)CC2)CC1. The molecule has 2 heterocycles. The second-order valence-electron chi connectivity index (χ2n) is 6.93. The first-order valence-corrected chi connectivity index (χ1v) is 10.6. The highest BCUT2D eigenvalue weighted by Gasteiger charge is 2.26. The number of likely N-dealkylation sites (tertiary alicyclic amines) is 1. The Hall–Kier alpha value is -0.250. The van der Waals surface area contributed by atoms with Crippen LogP contribution in [0.15, 0.2) is 0 Å². The average Bonchev–Trinajstić information content (AvgIpc) is 2.55. The molecule has 2 rings (SSSR count). The van der Waals surface area contributed by atoms with Gasteiger partial charge in [0.25, 0.3) is 0 Å². The van der Waals surface area contributed by atoms with Crippen molar-refractivity contribution in [1.82, 2.24) is 9.21 Å². The van der Waals surface area contributed by atoms with Gasteiger partial charge >= 0.3 is 10.3 Å². The first-order chi connectivity index (χ1) is 11.4. The van der Waals surface area contributed by atoms with Crippen LogP contribution in [0.5, 0.6) is 0 Å². The van der Waals surface area contributed by atoms with E-state index in [9.17, 15) is 13.5 Å². The van der Waals surface area contributed by atoms with E-state index in [2.05, 4.69) is 4.90 Å². The topological polar surface area (TPSA) is 90.3 Å². The molecular weight excluding hydrogens is 332 g/mol. The van der Waals surface area contributed by atoms with Gasteiger partial charge in [-0.25, -0.2) is 0 Å². The summed E-state index contributed by atoms with van der Waals surface area (Å²) >= 11 is 0.